The first kappa shape index (κ1) is 12.1. The molecule has 1 N–H and O–H groups in total. The number of nitrogens with one attached hydrogen (secondary N) is 1. The molecule has 0 amide bonds. The van der Waals surface area contributed by atoms with Crippen molar-refractivity contribution in [3.8, 4) is 0 Å². The molecule has 1 fully saturated rings. The fourth-order valence-electron chi connectivity index (χ4n) is 2.41. The predicted octanol–water partition coefficient (Wildman–Crippen LogP) is 3.52. The van der Waals surface area contributed by atoms with Crippen molar-refractivity contribution in [3.63, 3.8) is 0 Å². The van der Waals surface area contributed by atoms with Gasteiger partial charge in [0.1, 0.15) is 0 Å². The fourth-order valence-corrected chi connectivity index (χ4v) is 3.15. The lowest BCUT2D eigenvalue weighted by atomic mass is 9.83. The van der Waals surface area contributed by atoms with E-state index in [9.17, 15) is 0 Å². The largest absolute Gasteiger partial charge is 0.306 e. The van der Waals surface area contributed by atoms with Gasteiger partial charge in [-0.15, -0.1) is 11.3 Å². The minimum absolute atomic E-state index is 0.355. The van der Waals surface area contributed by atoms with Crippen molar-refractivity contribution < 1.29 is 0 Å². The number of nitrogens with zero attached hydrogens (tertiary/aromatic N) is 1. The van der Waals surface area contributed by atoms with Crippen LogP contribution in [0.3, 0.4) is 0 Å². The summed E-state index contributed by atoms with van der Waals surface area (Å²) in [6.07, 6.45) is 7.85. The molecule has 0 unspecified atom stereocenters. The highest BCUT2D eigenvalue weighted by Crippen LogP contribution is 2.27. The molecule has 1 heterocycles. The van der Waals surface area contributed by atoms with Gasteiger partial charge in [0.05, 0.1) is 10.7 Å². The average Bonchev–Trinajstić information content (AvgIpc) is 2.75. The summed E-state index contributed by atoms with van der Waals surface area (Å²) < 4.78 is 0. The summed E-state index contributed by atoms with van der Waals surface area (Å²) in [6, 6.07) is 0. The lowest BCUT2D eigenvalue weighted by molar-refractivity contribution is 0.251. The second-order valence-corrected chi connectivity index (χ2v) is 6.00. The Morgan fingerprint density at radius 3 is 2.75 bits per heavy atom. The van der Waals surface area contributed by atoms with Crippen molar-refractivity contribution >= 4 is 11.3 Å². The van der Waals surface area contributed by atoms with Crippen LogP contribution in [0.15, 0.2) is 5.38 Å². The third-order valence-electron chi connectivity index (χ3n) is 3.56. The standard InChI is InChI=1S/C13H22N2S/c1-3-12-15-11(10-16-12)9-14-13(2)7-5-4-6-8-13/h10,14H,3-9H2,1-2H3. The first-order valence-electron chi connectivity index (χ1n) is 6.40. The Labute approximate surface area is 102 Å². The van der Waals surface area contributed by atoms with Gasteiger partial charge in [-0.05, 0) is 26.2 Å². The zero-order valence-electron chi connectivity index (χ0n) is 10.4. The summed E-state index contributed by atoms with van der Waals surface area (Å²) >= 11 is 1.78. The molecule has 1 aromatic rings. The Balaban J connectivity index is 1.86. The van der Waals surface area contributed by atoms with Gasteiger partial charge in [0.2, 0.25) is 0 Å². The number of hydrogen-bond donors (Lipinski definition) is 1. The number of rotatable bonds is 4. The molecule has 0 aliphatic heterocycles. The van der Waals surface area contributed by atoms with E-state index in [1.807, 2.05) is 0 Å². The van der Waals surface area contributed by atoms with Gasteiger partial charge in [-0.25, -0.2) is 4.98 Å². The highest BCUT2D eigenvalue weighted by atomic mass is 32.1. The van der Waals surface area contributed by atoms with Gasteiger partial charge in [0, 0.05) is 17.5 Å². The summed E-state index contributed by atoms with van der Waals surface area (Å²) in [7, 11) is 0. The summed E-state index contributed by atoms with van der Waals surface area (Å²) in [6.45, 7) is 5.46. The lowest BCUT2D eigenvalue weighted by Crippen LogP contribution is -2.43. The maximum absolute atomic E-state index is 4.60. The molecular formula is C13H22N2S. The van der Waals surface area contributed by atoms with Crippen molar-refractivity contribution in [2.45, 2.75) is 64.5 Å². The fraction of sp³-hybridized carbons (Fsp3) is 0.769. The summed E-state index contributed by atoms with van der Waals surface area (Å²) in [5.74, 6) is 0. The first-order valence-corrected chi connectivity index (χ1v) is 7.28. The molecule has 2 rings (SSSR count). The van der Waals surface area contributed by atoms with Gasteiger partial charge in [-0.1, -0.05) is 26.2 Å². The molecule has 0 saturated heterocycles. The molecule has 0 spiro atoms. The maximum Gasteiger partial charge on any atom is 0.0926 e. The van der Waals surface area contributed by atoms with Crippen LogP contribution in [0.5, 0.6) is 0 Å². The maximum atomic E-state index is 4.60. The topological polar surface area (TPSA) is 24.9 Å². The normalized spacial score (nSPS) is 19.9. The van der Waals surface area contributed by atoms with Crippen LogP contribution in [-0.4, -0.2) is 10.5 Å². The third-order valence-corrected chi connectivity index (χ3v) is 4.60. The van der Waals surface area contributed by atoms with Gasteiger partial charge in [-0.2, -0.15) is 0 Å². The van der Waals surface area contributed by atoms with Crippen LogP contribution in [0.25, 0.3) is 0 Å². The van der Waals surface area contributed by atoms with Gasteiger partial charge >= 0.3 is 0 Å². The van der Waals surface area contributed by atoms with E-state index in [0.29, 0.717) is 5.54 Å². The molecule has 3 heteroatoms. The van der Waals surface area contributed by atoms with Crippen molar-refractivity contribution in [1.29, 1.82) is 0 Å². The zero-order chi connectivity index (χ0) is 11.4. The lowest BCUT2D eigenvalue weighted by Gasteiger charge is -2.34. The predicted molar refractivity (Wildman–Crippen MR) is 69.8 cm³/mol. The van der Waals surface area contributed by atoms with Crippen LogP contribution in [0.1, 0.15) is 56.7 Å². The van der Waals surface area contributed by atoms with Gasteiger partial charge in [0.15, 0.2) is 0 Å². The zero-order valence-corrected chi connectivity index (χ0v) is 11.2. The smallest absolute Gasteiger partial charge is 0.0926 e. The molecule has 0 atom stereocenters. The quantitative estimate of drug-likeness (QED) is 0.868. The van der Waals surface area contributed by atoms with Crippen LogP contribution in [-0.2, 0) is 13.0 Å². The van der Waals surface area contributed by atoms with E-state index in [1.165, 1.54) is 42.8 Å². The molecule has 1 saturated carbocycles. The Bertz CT molecular complexity index is 326. The van der Waals surface area contributed by atoms with Crippen LogP contribution in [0.4, 0.5) is 0 Å². The van der Waals surface area contributed by atoms with E-state index >= 15 is 0 Å². The third kappa shape index (κ3) is 3.05. The molecule has 1 aliphatic carbocycles. The second-order valence-electron chi connectivity index (χ2n) is 5.06. The molecule has 0 bridgehead atoms. The van der Waals surface area contributed by atoms with Gasteiger partial charge in [0.25, 0.3) is 0 Å². The Hall–Kier alpha value is -0.410. The van der Waals surface area contributed by atoms with E-state index in [1.54, 1.807) is 11.3 Å². The van der Waals surface area contributed by atoms with Crippen molar-refractivity contribution in [1.82, 2.24) is 10.3 Å². The molecule has 1 aromatic heterocycles. The summed E-state index contributed by atoms with van der Waals surface area (Å²) in [4.78, 5) is 4.60. The van der Waals surface area contributed by atoms with E-state index in [2.05, 4.69) is 29.5 Å². The average molecular weight is 238 g/mol. The SMILES string of the molecule is CCc1nc(CNC2(C)CCCCC2)cs1. The first-order chi connectivity index (χ1) is 7.72. The Morgan fingerprint density at radius 1 is 1.38 bits per heavy atom. The molecule has 0 aromatic carbocycles. The van der Waals surface area contributed by atoms with E-state index in [0.717, 1.165) is 13.0 Å². The van der Waals surface area contributed by atoms with E-state index in [4.69, 9.17) is 0 Å². The molecular weight excluding hydrogens is 216 g/mol. The molecule has 2 nitrogen and oxygen atoms in total. The summed E-state index contributed by atoms with van der Waals surface area (Å²) in [5.41, 5.74) is 1.57. The van der Waals surface area contributed by atoms with E-state index < -0.39 is 0 Å². The molecule has 90 valence electrons. The van der Waals surface area contributed by atoms with Crippen LogP contribution >= 0.6 is 11.3 Å². The highest BCUT2D eigenvalue weighted by molar-refractivity contribution is 7.09. The molecule has 16 heavy (non-hydrogen) atoms. The highest BCUT2D eigenvalue weighted by Gasteiger charge is 2.25. The van der Waals surface area contributed by atoms with E-state index in [-0.39, 0.29) is 0 Å². The molecule has 1 aliphatic rings. The van der Waals surface area contributed by atoms with Crippen LogP contribution in [0.2, 0.25) is 0 Å². The summed E-state index contributed by atoms with van der Waals surface area (Å²) in [5, 5.41) is 7.14. The molecule has 0 radical (unpaired) electrons. The van der Waals surface area contributed by atoms with Crippen LogP contribution < -0.4 is 5.32 Å². The van der Waals surface area contributed by atoms with Crippen LogP contribution in [0, 0.1) is 0 Å². The number of aromatic nitrogens is 1. The van der Waals surface area contributed by atoms with Gasteiger partial charge < -0.3 is 5.32 Å². The number of hydrogen-bond acceptors (Lipinski definition) is 3. The second kappa shape index (κ2) is 5.28. The van der Waals surface area contributed by atoms with Crippen molar-refractivity contribution in [3.05, 3.63) is 16.1 Å². The minimum Gasteiger partial charge on any atom is -0.306 e. The number of thiazole rings is 1. The monoisotopic (exact) mass is 238 g/mol. The Kier molecular flexibility index (Phi) is 3.98. The van der Waals surface area contributed by atoms with Crippen molar-refractivity contribution in [2.75, 3.05) is 0 Å². The minimum atomic E-state index is 0.355. The van der Waals surface area contributed by atoms with Gasteiger partial charge in [-0.3, -0.25) is 0 Å². The van der Waals surface area contributed by atoms with Crippen molar-refractivity contribution in [2.24, 2.45) is 0 Å². The Morgan fingerprint density at radius 2 is 2.12 bits per heavy atom. The number of aryl methyl sites for hydroxylation is 1.